The van der Waals surface area contributed by atoms with Crippen molar-refractivity contribution in [3.63, 3.8) is 0 Å². The molecule has 4 nitrogen and oxygen atoms in total. The minimum absolute atomic E-state index is 0.0291. The van der Waals surface area contributed by atoms with Gasteiger partial charge < -0.3 is 10.1 Å². The van der Waals surface area contributed by atoms with Crippen LogP contribution in [0.2, 0.25) is 0 Å². The largest absolute Gasteiger partial charge is 0.492 e. The number of nitrogens with zero attached hydrogens (tertiary/aromatic N) is 1. The van der Waals surface area contributed by atoms with Gasteiger partial charge in [-0.25, -0.2) is 0 Å². The van der Waals surface area contributed by atoms with Gasteiger partial charge in [-0.15, -0.1) is 0 Å². The van der Waals surface area contributed by atoms with Gasteiger partial charge in [0.05, 0.1) is 0 Å². The minimum atomic E-state index is -0.0291. The lowest BCUT2D eigenvalue weighted by atomic mass is 9.68. The molecule has 1 N–H and O–H groups in total. The maximum absolute atomic E-state index is 11.4. The zero-order chi connectivity index (χ0) is 19.3. The second kappa shape index (κ2) is 8.57. The van der Waals surface area contributed by atoms with Gasteiger partial charge in [0.1, 0.15) is 12.4 Å². The van der Waals surface area contributed by atoms with Crippen molar-refractivity contribution < 1.29 is 9.53 Å². The maximum Gasteiger partial charge on any atom is 0.221 e. The summed E-state index contributed by atoms with van der Waals surface area (Å²) < 4.78 is 5.85. The van der Waals surface area contributed by atoms with Gasteiger partial charge in [0.2, 0.25) is 5.91 Å². The number of carbonyl (C=O) groups is 1. The van der Waals surface area contributed by atoms with Crippen LogP contribution in [0.25, 0.3) is 0 Å². The van der Waals surface area contributed by atoms with Crippen LogP contribution in [0.4, 0.5) is 5.69 Å². The fraction of sp³-hybridized carbons (Fsp3) is 0.435. The molecule has 1 heterocycles. The molecule has 144 valence electrons. The van der Waals surface area contributed by atoms with Gasteiger partial charge in [0, 0.05) is 25.7 Å². The molecule has 2 aromatic rings. The van der Waals surface area contributed by atoms with Crippen molar-refractivity contribution in [1.82, 2.24) is 4.90 Å². The van der Waals surface area contributed by atoms with Gasteiger partial charge in [-0.2, -0.15) is 0 Å². The summed E-state index contributed by atoms with van der Waals surface area (Å²) >= 11 is 0. The Bertz CT molecular complexity index is 762. The third-order valence-corrected chi connectivity index (χ3v) is 5.83. The Balaban J connectivity index is 1.58. The highest BCUT2D eigenvalue weighted by molar-refractivity contribution is 5.88. The third-order valence-electron chi connectivity index (χ3n) is 5.83. The van der Waals surface area contributed by atoms with E-state index in [9.17, 15) is 4.79 Å². The molecular formula is C23H30N2O2. The van der Waals surface area contributed by atoms with E-state index in [0.29, 0.717) is 12.5 Å². The van der Waals surface area contributed by atoms with Crippen LogP contribution in [0.5, 0.6) is 5.75 Å². The van der Waals surface area contributed by atoms with Crippen molar-refractivity contribution in [2.75, 3.05) is 31.6 Å². The monoisotopic (exact) mass is 366 g/mol. The number of anilines is 1. The van der Waals surface area contributed by atoms with E-state index in [-0.39, 0.29) is 11.3 Å². The summed E-state index contributed by atoms with van der Waals surface area (Å²) in [4.78, 5) is 13.9. The highest BCUT2D eigenvalue weighted by atomic mass is 16.5. The molecule has 0 bridgehead atoms. The van der Waals surface area contributed by atoms with Crippen LogP contribution in [-0.4, -0.2) is 37.0 Å². The first kappa shape index (κ1) is 19.4. The first-order valence-corrected chi connectivity index (χ1v) is 9.76. The summed E-state index contributed by atoms with van der Waals surface area (Å²) in [5.74, 6) is 1.43. The first-order chi connectivity index (χ1) is 13.0. The smallest absolute Gasteiger partial charge is 0.221 e. The molecule has 2 unspecified atom stereocenters. The summed E-state index contributed by atoms with van der Waals surface area (Å²) in [5, 5.41) is 2.90. The zero-order valence-electron chi connectivity index (χ0n) is 16.6. The number of carbonyl (C=O) groups excluding carboxylic acids is 1. The molecule has 2 aromatic carbocycles. The van der Waals surface area contributed by atoms with Crippen molar-refractivity contribution in [3.8, 4) is 5.75 Å². The number of rotatable bonds is 6. The molecule has 0 spiro atoms. The number of nitrogens with one attached hydrogen (secondary N) is 1. The number of ether oxygens (including phenoxy) is 1. The highest BCUT2D eigenvalue weighted by Gasteiger charge is 2.37. The van der Waals surface area contributed by atoms with Gasteiger partial charge in [-0.05, 0) is 54.1 Å². The molecule has 3 rings (SSSR count). The SMILES string of the molecule is CC(=O)Nc1cccc(C2(C)CCN(CCOc3ccccc3)CC2C)c1. The number of hydrogen-bond donors (Lipinski definition) is 1. The minimum Gasteiger partial charge on any atom is -0.492 e. The Morgan fingerprint density at radius 3 is 2.70 bits per heavy atom. The fourth-order valence-corrected chi connectivity index (χ4v) is 3.91. The molecule has 1 amide bonds. The Morgan fingerprint density at radius 2 is 2.00 bits per heavy atom. The van der Waals surface area contributed by atoms with Crippen LogP contribution < -0.4 is 10.1 Å². The highest BCUT2D eigenvalue weighted by Crippen LogP contribution is 2.40. The van der Waals surface area contributed by atoms with E-state index in [4.69, 9.17) is 4.74 Å². The first-order valence-electron chi connectivity index (χ1n) is 9.76. The van der Waals surface area contributed by atoms with Crippen LogP contribution in [0, 0.1) is 5.92 Å². The van der Waals surface area contributed by atoms with E-state index in [1.54, 1.807) is 6.92 Å². The van der Waals surface area contributed by atoms with Crippen LogP contribution >= 0.6 is 0 Å². The number of benzene rings is 2. The Morgan fingerprint density at radius 1 is 1.22 bits per heavy atom. The summed E-state index contributed by atoms with van der Waals surface area (Å²) in [7, 11) is 0. The van der Waals surface area contributed by atoms with Crippen molar-refractivity contribution >= 4 is 11.6 Å². The molecule has 0 aromatic heterocycles. The summed E-state index contributed by atoms with van der Waals surface area (Å²) in [5.41, 5.74) is 2.30. The Kier molecular flexibility index (Phi) is 6.17. The van der Waals surface area contributed by atoms with Crippen LogP contribution in [0.1, 0.15) is 32.8 Å². The Labute approximate surface area is 162 Å². The number of hydrogen-bond acceptors (Lipinski definition) is 3. The van der Waals surface area contributed by atoms with E-state index in [2.05, 4.69) is 36.2 Å². The van der Waals surface area contributed by atoms with Gasteiger partial charge in [0.25, 0.3) is 0 Å². The average Bonchev–Trinajstić information content (AvgIpc) is 2.65. The molecule has 27 heavy (non-hydrogen) atoms. The normalized spacial score (nSPS) is 23.0. The molecule has 2 atom stereocenters. The maximum atomic E-state index is 11.4. The lowest BCUT2D eigenvalue weighted by Crippen LogP contribution is -2.48. The van der Waals surface area contributed by atoms with Crippen molar-refractivity contribution in [1.29, 1.82) is 0 Å². The zero-order valence-corrected chi connectivity index (χ0v) is 16.6. The molecule has 1 saturated heterocycles. The van der Waals surface area contributed by atoms with E-state index in [0.717, 1.165) is 37.5 Å². The number of likely N-dealkylation sites (tertiary alicyclic amines) is 1. The lowest BCUT2D eigenvalue weighted by molar-refractivity contribution is -0.114. The summed E-state index contributed by atoms with van der Waals surface area (Å²) in [6.45, 7) is 10.00. The quantitative estimate of drug-likeness (QED) is 0.828. The van der Waals surface area contributed by atoms with Gasteiger partial charge in [-0.1, -0.05) is 44.2 Å². The summed E-state index contributed by atoms with van der Waals surface area (Å²) in [6, 6.07) is 18.3. The van der Waals surface area contributed by atoms with Gasteiger partial charge in [0.15, 0.2) is 0 Å². The van der Waals surface area contributed by atoms with E-state index >= 15 is 0 Å². The molecule has 1 aliphatic rings. The van der Waals surface area contributed by atoms with E-state index in [1.807, 2.05) is 42.5 Å². The number of piperidine rings is 1. The molecule has 0 saturated carbocycles. The predicted octanol–water partition coefficient (Wildman–Crippen LogP) is 4.32. The second-order valence-electron chi connectivity index (χ2n) is 7.79. The number of amides is 1. The fourth-order valence-electron chi connectivity index (χ4n) is 3.91. The molecule has 0 aliphatic carbocycles. The molecule has 1 fully saturated rings. The van der Waals surface area contributed by atoms with Crippen molar-refractivity contribution in [2.45, 2.75) is 32.6 Å². The third kappa shape index (κ3) is 4.89. The van der Waals surface area contributed by atoms with E-state index < -0.39 is 0 Å². The average molecular weight is 367 g/mol. The molecule has 1 aliphatic heterocycles. The van der Waals surface area contributed by atoms with E-state index in [1.165, 1.54) is 5.56 Å². The Hall–Kier alpha value is -2.33. The van der Waals surface area contributed by atoms with Gasteiger partial charge >= 0.3 is 0 Å². The molecular weight excluding hydrogens is 336 g/mol. The topological polar surface area (TPSA) is 41.6 Å². The van der Waals surface area contributed by atoms with Crippen LogP contribution in [0.15, 0.2) is 54.6 Å². The van der Waals surface area contributed by atoms with Crippen molar-refractivity contribution in [3.05, 3.63) is 60.2 Å². The molecule has 4 heteroatoms. The van der Waals surface area contributed by atoms with Crippen molar-refractivity contribution in [2.24, 2.45) is 5.92 Å². The second-order valence-corrected chi connectivity index (χ2v) is 7.79. The standard InChI is InChI=1S/C23H30N2O2/c1-18-17-25(14-15-27-22-10-5-4-6-11-22)13-12-23(18,3)20-8-7-9-21(16-20)24-19(2)26/h4-11,16,18H,12-15,17H2,1-3H3,(H,24,26). The number of para-hydroxylation sites is 1. The lowest BCUT2D eigenvalue weighted by Gasteiger charge is -2.45. The molecule has 0 radical (unpaired) electrons. The van der Waals surface area contributed by atoms with Crippen LogP contribution in [-0.2, 0) is 10.2 Å². The predicted molar refractivity (Wildman–Crippen MR) is 110 cm³/mol. The van der Waals surface area contributed by atoms with Crippen LogP contribution in [0.3, 0.4) is 0 Å². The summed E-state index contributed by atoms with van der Waals surface area (Å²) in [6.07, 6.45) is 1.10. The van der Waals surface area contributed by atoms with Gasteiger partial charge in [-0.3, -0.25) is 9.69 Å².